The van der Waals surface area contributed by atoms with Gasteiger partial charge in [0.1, 0.15) is 0 Å². The van der Waals surface area contributed by atoms with E-state index in [9.17, 15) is 0 Å². The van der Waals surface area contributed by atoms with E-state index in [4.69, 9.17) is 0 Å². The molecule has 0 spiro atoms. The van der Waals surface area contributed by atoms with E-state index in [0.717, 1.165) is 29.5 Å². The molecule has 5 aromatic rings. The van der Waals surface area contributed by atoms with Crippen molar-refractivity contribution in [3.63, 3.8) is 0 Å². The summed E-state index contributed by atoms with van der Waals surface area (Å²) in [7, 11) is 0. The fourth-order valence-corrected chi connectivity index (χ4v) is 8.18. The van der Waals surface area contributed by atoms with Crippen LogP contribution in [0.25, 0.3) is 62.4 Å². The van der Waals surface area contributed by atoms with E-state index in [0.29, 0.717) is 0 Å². The molecule has 5 aromatic carbocycles. The normalized spacial score (nSPS) is 15.5. The molecule has 0 saturated carbocycles. The Labute approximate surface area is 316 Å². The van der Waals surface area contributed by atoms with Crippen molar-refractivity contribution in [3.05, 3.63) is 196 Å². The van der Waals surface area contributed by atoms with Gasteiger partial charge in [-0.05, 0) is 146 Å². The van der Waals surface area contributed by atoms with Crippen LogP contribution in [0.5, 0.6) is 0 Å². The molecule has 0 unspecified atom stereocenters. The van der Waals surface area contributed by atoms with Crippen LogP contribution in [0.2, 0.25) is 0 Å². The molecule has 0 atom stereocenters. The standard InChI is InChI=1S/C53H50/c1-8-45-46(9-2)48(38(5)33-41-21-14-13-17-36(41)3)29-30-49-50-28-27-44(43-26-25-40-20-15-16-22-42(40)34-43)35-52(50)53(6,7)51(49)32-31-47(45)37(4)23-24-39-18-11-10-12-19-39/h8-13,15-20,22-35H,4,14,21H2,1-3,5-7H3/b24-23-,38-33+,45-8+,46-9+,47-31?,48-29?,49-30?,51-32?. The molecule has 2 aliphatic rings. The lowest BCUT2D eigenvalue weighted by atomic mass is 9.81. The average Bonchev–Trinajstić information content (AvgIpc) is 3.39. The molecule has 0 bridgehead atoms. The quantitative estimate of drug-likeness (QED) is 0.156. The van der Waals surface area contributed by atoms with Crippen molar-refractivity contribution in [2.75, 3.05) is 0 Å². The number of rotatable bonds is 6. The van der Waals surface area contributed by atoms with Crippen LogP contribution in [0.15, 0.2) is 157 Å². The number of hydrogen-bond donors (Lipinski definition) is 0. The summed E-state index contributed by atoms with van der Waals surface area (Å²) >= 11 is 0. The van der Waals surface area contributed by atoms with Gasteiger partial charge in [-0.1, -0.05) is 166 Å². The summed E-state index contributed by atoms with van der Waals surface area (Å²) in [5.74, 6) is 0. The van der Waals surface area contributed by atoms with E-state index in [1.165, 1.54) is 76.9 Å². The van der Waals surface area contributed by atoms with Crippen molar-refractivity contribution in [2.45, 2.75) is 59.8 Å². The molecule has 0 aromatic heterocycles. The summed E-state index contributed by atoms with van der Waals surface area (Å²) in [6.45, 7) is 18.3. The van der Waals surface area contributed by atoms with Crippen molar-refractivity contribution in [3.8, 4) is 22.3 Å². The number of fused-ring (bicyclic) bond motifs is 4. The minimum atomic E-state index is -0.217. The third-order valence-corrected chi connectivity index (χ3v) is 11.2. The SMILES string of the molecule is C=C(/C=C\c1ccccc1)c1ccc2c(ccc(/C(C)=C/C3=C(C)C=CCC3)c(=C/C)/c1=C\C)-c1ccc(-c3ccc4ccccc4c3)cc1C2(C)C. The fourth-order valence-electron chi connectivity index (χ4n) is 8.18. The van der Waals surface area contributed by atoms with Gasteiger partial charge in [-0.25, -0.2) is 0 Å². The van der Waals surface area contributed by atoms with Crippen molar-refractivity contribution in [1.82, 2.24) is 0 Å². The highest BCUT2D eigenvalue weighted by Crippen LogP contribution is 2.49. The summed E-state index contributed by atoms with van der Waals surface area (Å²) in [6, 6.07) is 42.4. The van der Waals surface area contributed by atoms with E-state index in [2.05, 4.69) is 206 Å². The zero-order valence-corrected chi connectivity index (χ0v) is 32.1. The number of benzene rings is 4. The Bertz CT molecular complexity index is 2560. The third-order valence-electron chi connectivity index (χ3n) is 11.2. The van der Waals surface area contributed by atoms with E-state index in [1.54, 1.807) is 0 Å². The van der Waals surface area contributed by atoms with Gasteiger partial charge < -0.3 is 0 Å². The number of hydrogen-bond acceptors (Lipinski definition) is 0. The van der Waals surface area contributed by atoms with Crippen LogP contribution in [-0.4, -0.2) is 0 Å². The summed E-state index contributed by atoms with van der Waals surface area (Å²) in [5.41, 5.74) is 16.0. The predicted molar refractivity (Wildman–Crippen MR) is 233 cm³/mol. The minimum absolute atomic E-state index is 0.217. The predicted octanol–water partition coefficient (Wildman–Crippen LogP) is 13.3. The Morgan fingerprint density at radius 3 is 2.08 bits per heavy atom. The highest BCUT2D eigenvalue weighted by atomic mass is 14.4. The minimum Gasteiger partial charge on any atom is -0.0911 e. The van der Waals surface area contributed by atoms with Crippen LogP contribution >= 0.6 is 0 Å². The van der Waals surface area contributed by atoms with Crippen LogP contribution in [0, 0.1) is 0 Å². The van der Waals surface area contributed by atoms with Crippen molar-refractivity contribution >= 4 is 40.1 Å². The smallest absolute Gasteiger partial charge is 0.0159 e. The Morgan fingerprint density at radius 2 is 1.32 bits per heavy atom. The van der Waals surface area contributed by atoms with Gasteiger partial charge in [0.05, 0.1) is 0 Å². The molecule has 0 aliphatic heterocycles. The van der Waals surface area contributed by atoms with Crippen LogP contribution in [0.4, 0.5) is 0 Å². The van der Waals surface area contributed by atoms with Gasteiger partial charge in [-0.3, -0.25) is 0 Å². The lowest BCUT2D eigenvalue weighted by Gasteiger charge is -2.22. The first-order valence-corrected chi connectivity index (χ1v) is 19.0. The van der Waals surface area contributed by atoms with Gasteiger partial charge in [-0.2, -0.15) is 0 Å². The maximum Gasteiger partial charge on any atom is 0.0159 e. The maximum absolute atomic E-state index is 4.67. The van der Waals surface area contributed by atoms with Gasteiger partial charge in [0.2, 0.25) is 0 Å². The van der Waals surface area contributed by atoms with Crippen molar-refractivity contribution in [2.24, 2.45) is 0 Å². The van der Waals surface area contributed by atoms with E-state index >= 15 is 0 Å². The molecular formula is C53H50. The summed E-state index contributed by atoms with van der Waals surface area (Å²) in [6.07, 6.45) is 18.0. The van der Waals surface area contributed by atoms with Crippen molar-refractivity contribution < 1.29 is 0 Å². The summed E-state index contributed by atoms with van der Waals surface area (Å²) in [5, 5.41) is 4.92. The Kier molecular flexibility index (Phi) is 10.2. The summed E-state index contributed by atoms with van der Waals surface area (Å²) in [4.78, 5) is 0. The van der Waals surface area contributed by atoms with Gasteiger partial charge in [-0.15, -0.1) is 0 Å². The van der Waals surface area contributed by atoms with Gasteiger partial charge in [0.25, 0.3) is 0 Å². The molecule has 0 radical (unpaired) electrons. The molecule has 0 heteroatoms. The highest BCUT2D eigenvalue weighted by Gasteiger charge is 2.35. The molecule has 0 nitrogen and oxygen atoms in total. The third kappa shape index (κ3) is 7.07. The monoisotopic (exact) mass is 686 g/mol. The lowest BCUT2D eigenvalue weighted by molar-refractivity contribution is 0.661. The first kappa shape index (κ1) is 35.7. The average molecular weight is 687 g/mol. The lowest BCUT2D eigenvalue weighted by Crippen LogP contribution is -2.29. The highest BCUT2D eigenvalue weighted by molar-refractivity contribution is 5.89. The number of allylic oxidation sites excluding steroid dienone is 8. The zero-order valence-electron chi connectivity index (χ0n) is 32.1. The molecule has 0 amide bonds. The first-order valence-electron chi connectivity index (χ1n) is 19.0. The molecule has 53 heavy (non-hydrogen) atoms. The van der Waals surface area contributed by atoms with Crippen LogP contribution < -0.4 is 10.4 Å². The van der Waals surface area contributed by atoms with Gasteiger partial charge >= 0.3 is 0 Å². The second-order valence-electron chi connectivity index (χ2n) is 14.9. The van der Waals surface area contributed by atoms with E-state index in [1.807, 2.05) is 0 Å². The van der Waals surface area contributed by atoms with Gasteiger partial charge in [0, 0.05) is 5.41 Å². The molecule has 7 rings (SSSR count). The molecular weight excluding hydrogens is 637 g/mol. The van der Waals surface area contributed by atoms with Crippen LogP contribution in [-0.2, 0) is 5.41 Å². The molecule has 0 N–H and O–H groups in total. The Morgan fingerprint density at radius 1 is 0.679 bits per heavy atom. The topological polar surface area (TPSA) is 0 Å². The molecule has 0 fully saturated rings. The van der Waals surface area contributed by atoms with E-state index in [-0.39, 0.29) is 5.41 Å². The fraction of sp³-hybridized carbons (Fsp3) is 0.170. The van der Waals surface area contributed by atoms with E-state index < -0.39 is 0 Å². The Hall–Kier alpha value is -5.72. The van der Waals surface area contributed by atoms with Gasteiger partial charge in [0.15, 0.2) is 0 Å². The molecule has 2 aliphatic carbocycles. The summed E-state index contributed by atoms with van der Waals surface area (Å²) < 4.78 is 0. The molecule has 0 saturated heterocycles. The van der Waals surface area contributed by atoms with Crippen molar-refractivity contribution in [1.29, 1.82) is 0 Å². The maximum atomic E-state index is 4.67. The molecule has 262 valence electrons. The Balaban J connectivity index is 1.49. The van der Waals surface area contributed by atoms with Crippen LogP contribution in [0.1, 0.15) is 82.2 Å². The molecule has 0 heterocycles. The largest absolute Gasteiger partial charge is 0.0911 e. The zero-order chi connectivity index (χ0) is 37.1. The second kappa shape index (κ2) is 15.1. The van der Waals surface area contributed by atoms with Crippen LogP contribution in [0.3, 0.4) is 0 Å². The second-order valence-corrected chi connectivity index (χ2v) is 14.9. The first-order chi connectivity index (χ1) is 25.7.